The standard InChI is InChI=1S/C28H24ClF4NO3/c1-15-11-20(15)13-21(25(36)12-17-3-5-18(6-4-17)16(2)35)24-10-7-19(14-34(24)37)26-22(28(31,32)33)8-9-23(29)27(26)30/h3-10,14-15,20-21,35H,2,11-13H2,1H3. The van der Waals surface area contributed by atoms with Crippen molar-refractivity contribution in [2.75, 3.05) is 0 Å². The lowest BCUT2D eigenvalue weighted by Gasteiger charge is -2.18. The van der Waals surface area contributed by atoms with Gasteiger partial charge in [-0.3, -0.25) is 4.79 Å². The number of hydrogen-bond donors (Lipinski definition) is 1. The molecule has 0 radical (unpaired) electrons. The van der Waals surface area contributed by atoms with Gasteiger partial charge in [-0.15, -0.1) is 0 Å². The van der Waals surface area contributed by atoms with Gasteiger partial charge in [0.05, 0.1) is 16.1 Å². The molecule has 1 heterocycles. The van der Waals surface area contributed by atoms with Crippen molar-refractivity contribution < 1.29 is 32.2 Å². The highest BCUT2D eigenvalue weighted by Crippen LogP contribution is 2.45. The van der Waals surface area contributed by atoms with Gasteiger partial charge in [0, 0.05) is 23.6 Å². The zero-order chi connectivity index (χ0) is 27.1. The average Bonchev–Trinajstić information content (AvgIpc) is 3.53. The number of hydrogen-bond acceptors (Lipinski definition) is 3. The molecular formula is C28H24ClF4NO3. The Morgan fingerprint density at radius 3 is 2.38 bits per heavy atom. The topological polar surface area (TPSA) is 64.2 Å². The quantitative estimate of drug-likeness (QED) is 0.143. The fourth-order valence-electron chi connectivity index (χ4n) is 4.57. The van der Waals surface area contributed by atoms with E-state index < -0.39 is 34.1 Å². The summed E-state index contributed by atoms with van der Waals surface area (Å²) in [5.74, 6) is -1.75. The van der Waals surface area contributed by atoms with Crippen LogP contribution in [0.2, 0.25) is 5.02 Å². The van der Waals surface area contributed by atoms with Crippen molar-refractivity contribution in [1.82, 2.24) is 0 Å². The summed E-state index contributed by atoms with van der Waals surface area (Å²) >= 11 is 5.74. The second-order valence-electron chi connectivity index (χ2n) is 9.50. The number of nitrogens with zero attached hydrogens (tertiary/aromatic N) is 1. The normalized spacial score (nSPS) is 17.9. The third-order valence-corrected chi connectivity index (χ3v) is 7.15. The largest absolute Gasteiger partial charge is 0.618 e. The maximum atomic E-state index is 14.7. The predicted molar refractivity (Wildman–Crippen MR) is 132 cm³/mol. The molecule has 9 heteroatoms. The van der Waals surface area contributed by atoms with Crippen LogP contribution in [-0.4, -0.2) is 10.9 Å². The van der Waals surface area contributed by atoms with Gasteiger partial charge < -0.3 is 10.3 Å². The number of aliphatic hydroxyl groups is 1. The third kappa shape index (κ3) is 5.80. The van der Waals surface area contributed by atoms with Crippen LogP contribution in [0.15, 0.2) is 61.3 Å². The van der Waals surface area contributed by atoms with Crippen LogP contribution in [0.25, 0.3) is 16.9 Å². The molecule has 4 rings (SSSR count). The van der Waals surface area contributed by atoms with E-state index in [1.807, 2.05) is 6.92 Å². The summed E-state index contributed by atoms with van der Waals surface area (Å²) in [6.07, 6.45) is -2.65. The van der Waals surface area contributed by atoms with Crippen molar-refractivity contribution in [3.8, 4) is 11.1 Å². The van der Waals surface area contributed by atoms with E-state index in [0.29, 0.717) is 34.3 Å². The first-order valence-electron chi connectivity index (χ1n) is 11.7. The van der Waals surface area contributed by atoms with Gasteiger partial charge in [0.25, 0.3) is 0 Å². The second-order valence-corrected chi connectivity index (χ2v) is 9.91. The van der Waals surface area contributed by atoms with Gasteiger partial charge in [-0.2, -0.15) is 17.9 Å². The highest BCUT2D eigenvalue weighted by molar-refractivity contribution is 6.31. The molecule has 37 heavy (non-hydrogen) atoms. The molecule has 1 aliphatic carbocycles. The molecule has 3 atom stereocenters. The molecule has 1 aliphatic rings. The molecule has 0 spiro atoms. The van der Waals surface area contributed by atoms with Crippen molar-refractivity contribution in [2.45, 2.75) is 38.3 Å². The number of halogens is 5. The predicted octanol–water partition coefficient (Wildman–Crippen LogP) is 7.27. The van der Waals surface area contributed by atoms with Gasteiger partial charge in [-0.05, 0) is 48.4 Å². The van der Waals surface area contributed by atoms with Crippen LogP contribution in [0.1, 0.15) is 48.1 Å². The van der Waals surface area contributed by atoms with Crippen LogP contribution < -0.4 is 4.73 Å². The maximum absolute atomic E-state index is 14.7. The fraction of sp³-hybridized carbons (Fsp3) is 0.286. The molecule has 0 saturated heterocycles. The number of carbonyl (C=O) groups excluding carboxylic acids is 1. The van der Waals surface area contributed by atoms with Crippen LogP contribution in [-0.2, 0) is 17.4 Å². The Morgan fingerprint density at radius 1 is 1.19 bits per heavy atom. The molecule has 3 aromatic rings. The Hall–Kier alpha value is -3.39. The lowest BCUT2D eigenvalue weighted by Crippen LogP contribution is -2.36. The van der Waals surface area contributed by atoms with Gasteiger partial charge in [0.2, 0.25) is 5.69 Å². The molecule has 0 bridgehead atoms. The number of alkyl halides is 3. The van der Waals surface area contributed by atoms with E-state index in [0.717, 1.165) is 18.7 Å². The number of ketones is 1. The highest BCUT2D eigenvalue weighted by atomic mass is 35.5. The first-order valence-corrected chi connectivity index (χ1v) is 12.0. The summed E-state index contributed by atoms with van der Waals surface area (Å²) in [6, 6.07) is 10.6. The van der Waals surface area contributed by atoms with Gasteiger partial charge in [0.15, 0.2) is 12.0 Å². The van der Waals surface area contributed by atoms with Gasteiger partial charge in [-0.1, -0.05) is 49.4 Å². The molecule has 3 unspecified atom stereocenters. The van der Waals surface area contributed by atoms with Crippen molar-refractivity contribution >= 4 is 23.1 Å². The van der Waals surface area contributed by atoms with E-state index in [1.165, 1.54) is 12.1 Å². The average molecular weight is 534 g/mol. The van der Waals surface area contributed by atoms with Crippen LogP contribution >= 0.6 is 11.6 Å². The van der Waals surface area contributed by atoms with E-state index in [9.17, 15) is 32.7 Å². The molecule has 1 aromatic heterocycles. The van der Waals surface area contributed by atoms with E-state index in [2.05, 4.69) is 6.58 Å². The van der Waals surface area contributed by atoms with Crippen molar-refractivity contribution in [3.63, 3.8) is 0 Å². The number of Topliss-reactive ketones (excluding diaryl/α,β-unsaturated/α-hetero) is 1. The van der Waals surface area contributed by atoms with Crippen molar-refractivity contribution in [2.24, 2.45) is 11.8 Å². The minimum atomic E-state index is -4.87. The molecule has 2 aromatic carbocycles. The summed E-state index contributed by atoms with van der Waals surface area (Å²) in [5.41, 5.74) is -1.09. The number of rotatable bonds is 8. The number of aliphatic hydroxyl groups excluding tert-OH is 1. The number of aromatic nitrogens is 1. The Kier molecular flexibility index (Phi) is 7.33. The third-order valence-electron chi connectivity index (χ3n) is 6.86. The first kappa shape index (κ1) is 26.7. The summed E-state index contributed by atoms with van der Waals surface area (Å²) in [5, 5.41) is 22.1. The Bertz CT molecular complexity index is 1350. The SMILES string of the molecule is C=C(O)c1ccc(CC(=O)C(CC2CC2C)c2ccc(-c3c(C(F)(F)F)ccc(Cl)c3F)c[n+]2[O-])cc1. The molecule has 0 aliphatic heterocycles. The monoisotopic (exact) mass is 533 g/mol. The summed E-state index contributed by atoms with van der Waals surface area (Å²) in [6.45, 7) is 5.50. The smallest absolute Gasteiger partial charge is 0.417 e. The number of benzene rings is 2. The lowest BCUT2D eigenvalue weighted by molar-refractivity contribution is -0.614. The van der Waals surface area contributed by atoms with Crippen LogP contribution in [0.5, 0.6) is 0 Å². The Labute approximate surface area is 216 Å². The molecule has 1 N–H and O–H groups in total. The fourth-order valence-corrected chi connectivity index (χ4v) is 4.72. The van der Waals surface area contributed by atoms with Crippen LogP contribution in [0.4, 0.5) is 17.6 Å². The molecule has 1 fully saturated rings. The van der Waals surface area contributed by atoms with E-state index in [1.54, 1.807) is 24.3 Å². The number of carbonyl (C=O) groups is 1. The Balaban J connectivity index is 1.69. The van der Waals surface area contributed by atoms with Gasteiger partial charge in [0.1, 0.15) is 17.5 Å². The first-order chi connectivity index (χ1) is 17.4. The molecule has 0 amide bonds. The minimum absolute atomic E-state index is 0.0207. The van der Waals surface area contributed by atoms with Gasteiger partial charge in [-0.25, -0.2) is 4.39 Å². The molecule has 4 nitrogen and oxygen atoms in total. The molecular weight excluding hydrogens is 510 g/mol. The highest BCUT2D eigenvalue weighted by Gasteiger charge is 2.40. The summed E-state index contributed by atoms with van der Waals surface area (Å²) in [4.78, 5) is 13.3. The maximum Gasteiger partial charge on any atom is 0.417 e. The van der Waals surface area contributed by atoms with Crippen LogP contribution in [0.3, 0.4) is 0 Å². The number of pyridine rings is 1. The van der Waals surface area contributed by atoms with Gasteiger partial charge >= 0.3 is 6.18 Å². The summed E-state index contributed by atoms with van der Waals surface area (Å²) in [7, 11) is 0. The lowest BCUT2D eigenvalue weighted by atomic mass is 9.88. The zero-order valence-corrected chi connectivity index (χ0v) is 20.6. The van der Waals surface area contributed by atoms with E-state index >= 15 is 0 Å². The zero-order valence-electron chi connectivity index (χ0n) is 19.9. The molecule has 194 valence electrons. The Morgan fingerprint density at radius 2 is 1.84 bits per heavy atom. The van der Waals surface area contributed by atoms with E-state index in [4.69, 9.17) is 11.6 Å². The second kappa shape index (κ2) is 10.2. The van der Waals surface area contributed by atoms with Crippen molar-refractivity contribution in [1.29, 1.82) is 0 Å². The summed E-state index contributed by atoms with van der Waals surface area (Å²) < 4.78 is 55.8. The van der Waals surface area contributed by atoms with E-state index in [-0.39, 0.29) is 35.1 Å². The molecule has 1 saturated carbocycles. The van der Waals surface area contributed by atoms with Crippen molar-refractivity contribution in [3.05, 3.63) is 99.7 Å². The van der Waals surface area contributed by atoms with Crippen LogP contribution in [0, 0.1) is 22.9 Å². The minimum Gasteiger partial charge on any atom is -0.618 e.